The molecule has 0 unspecified atom stereocenters. The maximum atomic E-state index is 13.7. The van der Waals surface area contributed by atoms with Crippen LogP contribution < -0.4 is 5.32 Å². The maximum Gasteiger partial charge on any atom is 0.246 e. The molecule has 1 heterocycles. The third kappa shape index (κ3) is 4.37. The molecule has 1 aromatic carbocycles. The number of sulfonamides is 1. The number of halogens is 1. The number of hydrogen-bond acceptors (Lipinski definition) is 4. The quantitative estimate of drug-likeness (QED) is 0.827. The zero-order valence-electron chi connectivity index (χ0n) is 12.5. The van der Waals surface area contributed by atoms with Crippen molar-refractivity contribution < 1.29 is 17.6 Å². The molecule has 0 atom stereocenters. The van der Waals surface area contributed by atoms with Gasteiger partial charge in [-0.05, 0) is 23.6 Å². The third-order valence-corrected chi connectivity index (χ3v) is 6.00. The van der Waals surface area contributed by atoms with Crippen molar-refractivity contribution >= 4 is 27.3 Å². The Morgan fingerprint density at radius 1 is 1.26 bits per heavy atom. The summed E-state index contributed by atoms with van der Waals surface area (Å²) in [7, 11) is -4.05. The predicted molar refractivity (Wildman–Crippen MR) is 87.0 cm³/mol. The normalized spacial score (nSPS) is 11.6. The lowest BCUT2D eigenvalue weighted by Crippen LogP contribution is -2.40. The van der Waals surface area contributed by atoms with Crippen molar-refractivity contribution in [2.24, 2.45) is 0 Å². The first kappa shape index (κ1) is 17.6. The van der Waals surface area contributed by atoms with E-state index in [-0.39, 0.29) is 13.1 Å². The summed E-state index contributed by atoms with van der Waals surface area (Å²) in [6.07, 6.45) is 0. The van der Waals surface area contributed by atoms with E-state index in [0.717, 1.165) is 15.2 Å². The summed E-state index contributed by atoms with van der Waals surface area (Å²) in [6, 6.07) is 8.87. The van der Waals surface area contributed by atoms with E-state index in [1.807, 2.05) is 17.5 Å². The van der Waals surface area contributed by atoms with Crippen molar-refractivity contribution in [1.29, 1.82) is 0 Å². The molecule has 124 valence electrons. The summed E-state index contributed by atoms with van der Waals surface area (Å²) in [5.41, 5.74) is 0. The van der Waals surface area contributed by atoms with E-state index in [9.17, 15) is 17.6 Å². The number of nitrogens with zero attached hydrogens (tertiary/aromatic N) is 1. The van der Waals surface area contributed by atoms with Gasteiger partial charge < -0.3 is 5.32 Å². The van der Waals surface area contributed by atoms with Crippen molar-refractivity contribution in [1.82, 2.24) is 9.62 Å². The molecular weight excluding hydrogens is 339 g/mol. The highest BCUT2D eigenvalue weighted by Crippen LogP contribution is 2.18. The first-order valence-electron chi connectivity index (χ1n) is 6.99. The molecule has 0 fully saturated rings. The molecule has 1 N–H and O–H groups in total. The summed E-state index contributed by atoms with van der Waals surface area (Å²) in [4.78, 5) is 12.5. The molecule has 0 aliphatic rings. The molecule has 0 aliphatic carbocycles. The van der Waals surface area contributed by atoms with E-state index in [4.69, 9.17) is 0 Å². The Morgan fingerprint density at radius 3 is 2.61 bits per heavy atom. The summed E-state index contributed by atoms with van der Waals surface area (Å²) in [5.74, 6) is -1.26. The molecule has 0 spiro atoms. The van der Waals surface area contributed by atoms with Crippen LogP contribution in [-0.4, -0.2) is 31.7 Å². The van der Waals surface area contributed by atoms with Gasteiger partial charge in [0.2, 0.25) is 15.9 Å². The summed E-state index contributed by atoms with van der Waals surface area (Å²) < 4.78 is 39.6. The standard InChI is InChI=1S/C15H17FN2O3S2/c1-2-18(11-15(19)17-10-12-6-5-9-22-12)23(20,21)14-8-4-3-7-13(14)16/h3-9H,2,10-11H2,1H3,(H,17,19). The van der Waals surface area contributed by atoms with Gasteiger partial charge in [-0.15, -0.1) is 11.3 Å². The average Bonchev–Trinajstić information content (AvgIpc) is 3.04. The second-order valence-corrected chi connectivity index (χ2v) is 7.66. The van der Waals surface area contributed by atoms with E-state index >= 15 is 0 Å². The van der Waals surface area contributed by atoms with Crippen LogP contribution in [0.3, 0.4) is 0 Å². The van der Waals surface area contributed by atoms with Gasteiger partial charge in [0.1, 0.15) is 10.7 Å². The Labute approximate surface area is 138 Å². The first-order valence-corrected chi connectivity index (χ1v) is 9.31. The van der Waals surface area contributed by atoms with Crippen LogP contribution in [0, 0.1) is 5.82 Å². The lowest BCUT2D eigenvalue weighted by molar-refractivity contribution is -0.121. The number of thiophene rings is 1. The molecule has 8 heteroatoms. The second kappa shape index (κ2) is 7.67. The van der Waals surface area contributed by atoms with Crippen molar-refractivity contribution in [3.63, 3.8) is 0 Å². The van der Waals surface area contributed by atoms with Crippen molar-refractivity contribution in [2.75, 3.05) is 13.1 Å². The summed E-state index contributed by atoms with van der Waals surface area (Å²) in [6.45, 7) is 1.67. The molecule has 0 saturated carbocycles. The van der Waals surface area contributed by atoms with Crippen LogP contribution in [-0.2, 0) is 21.4 Å². The highest BCUT2D eigenvalue weighted by molar-refractivity contribution is 7.89. The van der Waals surface area contributed by atoms with Gasteiger partial charge in [0.25, 0.3) is 0 Å². The SMILES string of the molecule is CCN(CC(=O)NCc1cccs1)S(=O)(=O)c1ccccc1F. The van der Waals surface area contributed by atoms with E-state index in [0.29, 0.717) is 6.54 Å². The number of rotatable bonds is 7. The van der Waals surface area contributed by atoms with Gasteiger partial charge in [-0.2, -0.15) is 4.31 Å². The first-order chi connectivity index (χ1) is 10.9. The molecule has 5 nitrogen and oxygen atoms in total. The van der Waals surface area contributed by atoms with Gasteiger partial charge >= 0.3 is 0 Å². The van der Waals surface area contributed by atoms with Crippen LogP contribution in [0.1, 0.15) is 11.8 Å². The minimum atomic E-state index is -4.05. The number of carbonyl (C=O) groups excluding carboxylic acids is 1. The molecule has 23 heavy (non-hydrogen) atoms. The van der Waals surface area contributed by atoms with Gasteiger partial charge in [0.15, 0.2) is 0 Å². The lowest BCUT2D eigenvalue weighted by atomic mass is 10.4. The number of carbonyl (C=O) groups is 1. The Bertz CT molecular complexity index is 761. The van der Waals surface area contributed by atoms with Gasteiger partial charge in [-0.3, -0.25) is 4.79 Å². The van der Waals surface area contributed by atoms with Gasteiger partial charge in [-0.1, -0.05) is 25.1 Å². The number of nitrogens with one attached hydrogen (secondary N) is 1. The van der Waals surface area contributed by atoms with Gasteiger partial charge in [0.05, 0.1) is 13.1 Å². The van der Waals surface area contributed by atoms with Crippen molar-refractivity contribution in [3.05, 3.63) is 52.5 Å². The zero-order chi connectivity index (χ0) is 16.9. The van der Waals surface area contributed by atoms with Crippen LogP contribution in [0.25, 0.3) is 0 Å². The number of likely N-dealkylation sites (N-methyl/N-ethyl adjacent to an activating group) is 1. The maximum absolute atomic E-state index is 13.7. The van der Waals surface area contributed by atoms with Crippen molar-refractivity contribution in [2.45, 2.75) is 18.4 Å². The fraction of sp³-hybridized carbons (Fsp3) is 0.267. The minimum absolute atomic E-state index is 0.0725. The van der Waals surface area contributed by atoms with Crippen LogP contribution in [0.4, 0.5) is 4.39 Å². The van der Waals surface area contributed by atoms with Crippen LogP contribution in [0.15, 0.2) is 46.7 Å². The van der Waals surface area contributed by atoms with E-state index in [1.165, 1.54) is 29.5 Å². The van der Waals surface area contributed by atoms with Crippen LogP contribution in [0.2, 0.25) is 0 Å². The van der Waals surface area contributed by atoms with Crippen LogP contribution >= 0.6 is 11.3 Å². The molecule has 0 aliphatic heterocycles. The largest absolute Gasteiger partial charge is 0.350 e. The highest BCUT2D eigenvalue weighted by atomic mass is 32.2. The molecule has 1 amide bonds. The van der Waals surface area contributed by atoms with Gasteiger partial charge in [-0.25, -0.2) is 12.8 Å². The Hall–Kier alpha value is -1.77. The molecular formula is C15H17FN2O3S2. The van der Waals surface area contributed by atoms with Gasteiger partial charge in [0, 0.05) is 11.4 Å². The minimum Gasteiger partial charge on any atom is -0.350 e. The van der Waals surface area contributed by atoms with E-state index in [1.54, 1.807) is 6.92 Å². The summed E-state index contributed by atoms with van der Waals surface area (Å²) in [5, 5.41) is 4.55. The Kier molecular flexibility index (Phi) is 5.86. The lowest BCUT2D eigenvalue weighted by Gasteiger charge is -2.20. The molecule has 0 bridgehead atoms. The molecule has 2 aromatic rings. The topological polar surface area (TPSA) is 66.5 Å². The zero-order valence-corrected chi connectivity index (χ0v) is 14.2. The molecule has 1 aromatic heterocycles. The number of benzene rings is 1. The second-order valence-electron chi connectivity index (χ2n) is 4.72. The fourth-order valence-corrected chi connectivity index (χ4v) is 4.09. The Morgan fingerprint density at radius 2 is 2.00 bits per heavy atom. The molecule has 2 rings (SSSR count). The summed E-state index contributed by atoms with van der Waals surface area (Å²) >= 11 is 1.50. The predicted octanol–water partition coefficient (Wildman–Crippen LogP) is 2.21. The smallest absolute Gasteiger partial charge is 0.246 e. The average molecular weight is 356 g/mol. The van der Waals surface area contributed by atoms with E-state index < -0.39 is 26.6 Å². The fourth-order valence-electron chi connectivity index (χ4n) is 1.97. The van der Waals surface area contributed by atoms with E-state index in [2.05, 4.69) is 5.32 Å². The number of hydrogen-bond donors (Lipinski definition) is 1. The molecule has 0 saturated heterocycles. The van der Waals surface area contributed by atoms with Crippen LogP contribution in [0.5, 0.6) is 0 Å². The van der Waals surface area contributed by atoms with Crippen molar-refractivity contribution in [3.8, 4) is 0 Å². The highest BCUT2D eigenvalue weighted by Gasteiger charge is 2.27. The Balaban J connectivity index is 2.07. The third-order valence-electron chi connectivity index (χ3n) is 3.17. The molecule has 0 radical (unpaired) electrons. The monoisotopic (exact) mass is 356 g/mol. The number of amides is 1.